The van der Waals surface area contributed by atoms with Crippen LogP contribution in [0.15, 0.2) is 0 Å². The van der Waals surface area contributed by atoms with Crippen molar-refractivity contribution < 1.29 is 0 Å². The highest BCUT2D eigenvalue weighted by Crippen LogP contribution is 2.22. The molecule has 0 aromatic carbocycles. The molecular weight excluding hydrogens is 689 g/mol. The summed E-state index contributed by atoms with van der Waals surface area (Å²) in [5, 5.41) is 0. The Labute approximate surface area is 360 Å². The third-order valence-electron chi connectivity index (χ3n) is 13.1. The topological polar surface area (TPSA) is 25.8 Å². The second kappa shape index (κ2) is 46.2. The lowest BCUT2D eigenvalue weighted by Gasteiger charge is -2.13. The van der Waals surface area contributed by atoms with Gasteiger partial charge in [-0.25, -0.2) is 9.97 Å². The van der Waals surface area contributed by atoms with Gasteiger partial charge >= 0.3 is 0 Å². The van der Waals surface area contributed by atoms with E-state index in [2.05, 4.69) is 27.1 Å². The van der Waals surface area contributed by atoms with Crippen LogP contribution >= 0.6 is 0 Å². The zero-order chi connectivity index (χ0) is 40.8. The summed E-state index contributed by atoms with van der Waals surface area (Å²) in [4.78, 5) is 9.63. The zero-order valence-corrected chi connectivity index (χ0v) is 39.8. The summed E-state index contributed by atoms with van der Waals surface area (Å²) in [6, 6.07) is 0. The van der Waals surface area contributed by atoms with E-state index >= 15 is 0 Å². The molecule has 1 radical (unpaired) electrons. The van der Waals surface area contributed by atoms with Crippen molar-refractivity contribution in [3.8, 4) is 0 Å². The smallest absolute Gasteiger partial charge is 0.198 e. The average molecular weight is 794 g/mol. The third kappa shape index (κ3) is 37.8. The van der Waals surface area contributed by atoms with E-state index in [0.717, 1.165) is 12.8 Å². The van der Waals surface area contributed by atoms with Gasteiger partial charge in [0, 0.05) is 11.4 Å². The quantitative estimate of drug-likeness (QED) is 0.0614. The van der Waals surface area contributed by atoms with E-state index in [4.69, 9.17) is 9.97 Å². The Balaban J connectivity index is 2.32. The Morgan fingerprint density at radius 2 is 0.404 bits per heavy atom. The fourth-order valence-electron chi connectivity index (χ4n) is 9.15. The number of hydrogen-bond acceptors (Lipinski definition) is 2. The maximum Gasteiger partial charge on any atom is 0.198 e. The molecule has 0 N–H and O–H groups in total. The maximum atomic E-state index is 4.82. The number of aryl methyl sites for hydroxylation is 2. The lowest BCUT2D eigenvalue weighted by atomic mass is 9.96. The first-order valence-electron chi connectivity index (χ1n) is 27.1. The molecule has 0 unspecified atom stereocenters. The van der Waals surface area contributed by atoms with Crippen LogP contribution in [0.2, 0.25) is 0 Å². The molecule has 0 aliphatic rings. The molecule has 0 saturated carbocycles. The SMILES string of the molecule is CCCCCCCCCCCCCCCCCc1n[c]nc(CCCCCCCCCCCCCCCCC)c1CCCCCCCCCCCCCCCCC. The number of aromatic nitrogens is 2. The van der Waals surface area contributed by atoms with Crippen LogP contribution in [-0.4, -0.2) is 9.97 Å². The molecule has 2 heteroatoms. The summed E-state index contributed by atoms with van der Waals surface area (Å²) in [6.07, 6.45) is 70.7. The van der Waals surface area contributed by atoms with E-state index in [9.17, 15) is 0 Å². The number of nitrogens with zero attached hydrogens (tertiary/aromatic N) is 2. The van der Waals surface area contributed by atoms with Crippen LogP contribution in [0.5, 0.6) is 0 Å². The van der Waals surface area contributed by atoms with Gasteiger partial charge in [-0.1, -0.05) is 290 Å². The number of rotatable bonds is 48. The average Bonchev–Trinajstić information content (AvgIpc) is 3.22. The molecular formula is C55H105N2. The Hall–Kier alpha value is -0.920. The van der Waals surface area contributed by atoms with E-state index in [1.165, 1.54) is 312 Å². The minimum atomic E-state index is 1.14. The molecule has 1 heterocycles. The molecule has 57 heavy (non-hydrogen) atoms. The van der Waals surface area contributed by atoms with Gasteiger partial charge in [0.15, 0.2) is 6.33 Å². The second-order valence-electron chi connectivity index (χ2n) is 18.8. The van der Waals surface area contributed by atoms with Gasteiger partial charge in [-0.05, 0) is 44.1 Å². The highest BCUT2D eigenvalue weighted by molar-refractivity contribution is 5.25. The first-order valence-corrected chi connectivity index (χ1v) is 27.1. The minimum Gasteiger partial charge on any atom is -0.230 e. The molecule has 0 spiro atoms. The summed E-state index contributed by atoms with van der Waals surface area (Å²) in [5.41, 5.74) is 4.22. The van der Waals surface area contributed by atoms with Gasteiger partial charge in [-0.15, -0.1) is 0 Å². The number of unbranched alkanes of at least 4 members (excludes halogenated alkanes) is 42. The Morgan fingerprint density at radius 3 is 0.614 bits per heavy atom. The Bertz CT molecular complexity index is 842. The minimum absolute atomic E-state index is 1.14. The zero-order valence-electron chi connectivity index (χ0n) is 39.8. The van der Waals surface area contributed by atoms with Crippen molar-refractivity contribution in [1.82, 2.24) is 9.97 Å². The van der Waals surface area contributed by atoms with Gasteiger partial charge in [0.2, 0.25) is 0 Å². The van der Waals surface area contributed by atoms with Gasteiger partial charge < -0.3 is 0 Å². The highest BCUT2D eigenvalue weighted by Gasteiger charge is 2.12. The third-order valence-corrected chi connectivity index (χ3v) is 13.1. The lowest BCUT2D eigenvalue weighted by Crippen LogP contribution is -2.07. The van der Waals surface area contributed by atoms with Gasteiger partial charge in [0.25, 0.3) is 0 Å². The van der Waals surface area contributed by atoms with Gasteiger partial charge in [0.05, 0.1) is 0 Å². The van der Waals surface area contributed by atoms with E-state index in [1.54, 1.807) is 0 Å². The van der Waals surface area contributed by atoms with Crippen molar-refractivity contribution in [3.05, 3.63) is 23.3 Å². The van der Waals surface area contributed by atoms with Gasteiger partial charge in [-0.3, -0.25) is 0 Å². The van der Waals surface area contributed by atoms with Crippen LogP contribution in [-0.2, 0) is 19.3 Å². The van der Waals surface area contributed by atoms with Crippen LogP contribution in [0.1, 0.15) is 327 Å². The van der Waals surface area contributed by atoms with Crippen molar-refractivity contribution in [2.45, 2.75) is 329 Å². The molecule has 0 fully saturated rings. The standard InChI is InChI=1S/C55H105N2/c1-4-7-10-13-16-19-22-25-28-31-34-37-40-43-46-49-53-54(50-47-44-41-38-35-32-29-26-23-20-17-14-11-8-5-2)56-52-57-55(53)51-48-45-42-39-36-33-30-27-24-21-18-15-12-9-6-3/h4-51H2,1-3H3. The van der Waals surface area contributed by atoms with Crippen LogP contribution in [0.3, 0.4) is 0 Å². The Morgan fingerprint density at radius 1 is 0.228 bits per heavy atom. The molecule has 1 aromatic rings. The second-order valence-corrected chi connectivity index (χ2v) is 18.8. The summed E-state index contributed by atoms with van der Waals surface area (Å²) in [5.74, 6) is 0. The molecule has 0 amide bonds. The summed E-state index contributed by atoms with van der Waals surface area (Å²) in [6.45, 7) is 6.94. The van der Waals surface area contributed by atoms with E-state index in [0.29, 0.717) is 0 Å². The molecule has 335 valence electrons. The molecule has 0 saturated heterocycles. The van der Waals surface area contributed by atoms with Crippen molar-refractivity contribution in [2.75, 3.05) is 0 Å². The molecule has 2 nitrogen and oxygen atoms in total. The first-order chi connectivity index (χ1) is 28.3. The van der Waals surface area contributed by atoms with Gasteiger partial charge in [0.1, 0.15) is 0 Å². The molecule has 0 aliphatic heterocycles. The van der Waals surface area contributed by atoms with Crippen LogP contribution in [0, 0.1) is 6.33 Å². The molecule has 1 rings (SSSR count). The molecule has 0 bridgehead atoms. The van der Waals surface area contributed by atoms with Crippen LogP contribution in [0.4, 0.5) is 0 Å². The molecule has 0 aliphatic carbocycles. The normalized spacial score (nSPS) is 11.6. The summed E-state index contributed by atoms with van der Waals surface area (Å²) < 4.78 is 0. The van der Waals surface area contributed by atoms with Crippen molar-refractivity contribution in [1.29, 1.82) is 0 Å². The van der Waals surface area contributed by atoms with E-state index in [-0.39, 0.29) is 0 Å². The van der Waals surface area contributed by atoms with Gasteiger partial charge in [-0.2, -0.15) is 0 Å². The van der Waals surface area contributed by atoms with Crippen molar-refractivity contribution in [3.63, 3.8) is 0 Å². The fraction of sp³-hybridized carbons (Fsp3) is 0.927. The summed E-state index contributed by atoms with van der Waals surface area (Å²) >= 11 is 0. The predicted molar refractivity (Wildman–Crippen MR) is 257 cm³/mol. The predicted octanol–water partition coefficient (Wildman–Crippen LogP) is 19.5. The van der Waals surface area contributed by atoms with Crippen molar-refractivity contribution >= 4 is 0 Å². The fourth-order valence-corrected chi connectivity index (χ4v) is 9.15. The molecule has 1 aromatic heterocycles. The molecule has 0 atom stereocenters. The van der Waals surface area contributed by atoms with E-state index in [1.807, 2.05) is 0 Å². The lowest BCUT2D eigenvalue weighted by molar-refractivity contribution is 0.529. The largest absolute Gasteiger partial charge is 0.230 e. The monoisotopic (exact) mass is 794 g/mol. The maximum absolute atomic E-state index is 4.82. The van der Waals surface area contributed by atoms with Crippen LogP contribution < -0.4 is 0 Å². The first kappa shape index (κ1) is 54.1. The van der Waals surface area contributed by atoms with E-state index < -0.39 is 0 Å². The summed E-state index contributed by atoms with van der Waals surface area (Å²) in [7, 11) is 0. The number of hydrogen-bond donors (Lipinski definition) is 0. The van der Waals surface area contributed by atoms with Crippen LogP contribution in [0.25, 0.3) is 0 Å². The van der Waals surface area contributed by atoms with Crippen molar-refractivity contribution in [2.24, 2.45) is 0 Å². The Kier molecular flexibility index (Phi) is 43.8. The highest BCUT2D eigenvalue weighted by atomic mass is 14.8.